The van der Waals surface area contributed by atoms with Gasteiger partial charge in [-0.25, -0.2) is 4.79 Å². The number of morpholine rings is 1. The van der Waals surface area contributed by atoms with Crippen LogP contribution in [0.2, 0.25) is 0 Å². The Morgan fingerprint density at radius 1 is 1.07 bits per heavy atom. The van der Waals surface area contributed by atoms with Crippen molar-refractivity contribution in [3.8, 4) is 0 Å². The van der Waals surface area contributed by atoms with E-state index in [9.17, 15) is 4.79 Å². The van der Waals surface area contributed by atoms with Crippen LogP contribution in [0.25, 0.3) is 10.9 Å². The molecule has 0 bridgehead atoms. The minimum absolute atomic E-state index is 0.207. The Labute approximate surface area is 171 Å². The van der Waals surface area contributed by atoms with Gasteiger partial charge in [0.05, 0.1) is 23.3 Å². The van der Waals surface area contributed by atoms with Crippen molar-refractivity contribution in [1.29, 1.82) is 0 Å². The molecule has 1 saturated heterocycles. The Morgan fingerprint density at radius 2 is 1.79 bits per heavy atom. The fraction of sp³-hybridized carbons (Fsp3) is 0.333. The van der Waals surface area contributed by atoms with Crippen molar-refractivity contribution in [1.82, 2.24) is 9.88 Å². The van der Waals surface area contributed by atoms with Gasteiger partial charge in [0.2, 0.25) is 0 Å². The van der Waals surface area contributed by atoms with E-state index in [0.717, 1.165) is 36.1 Å². The summed E-state index contributed by atoms with van der Waals surface area (Å²) >= 11 is 0. The van der Waals surface area contributed by atoms with Crippen molar-refractivity contribution in [2.24, 2.45) is 0 Å². The van der Waals surface area contributed by atoms with Crippen LogP contribution in [0.4, 0.5) is 0 Å². The number of para-hydroxylation sites is 1. The number of rotatable bonds is 5. The lowest BCUT2D eigenvalue weighted by Gasteiger charge is -2.35. The highest BCUT2D eigenvalue weighted by molar-refractivity contribution is 5.89. The second kappa shape index (κ2) is 8.72. The van der Waals surface area contributed by atoms with Gasteiger partial charge in [0.15, 0.2) is 0 Å². The normalized spacial score (nSPS) is 19.9. The van der Waals surface area contributed by atoms with Crippen LogP contribution in [-0.4, -0.2) is 41.2 Å². The molecule has 2 atom stereocenters. The number of carbonyl (C=O) groups excluding carboxylic acids is 1. The molecule has 0 aliphatic carbocycles. The maximum Gasteiger partial charge on any atom is 0.338 e. The molecular weight excluding hydrogens is 364 g/mol. The molecule has 5 heteroatoms. The van der Waals surface area contributed by atoms with E-state index in [-0.39, 0.29) is 24.8 Å². The zero-order chi connectivity index (χ0) is 20.2. The lowest BCUT2D eigenvalue weighted by molar-refractivity contribution is -0.0704. The Kier molecular flexibility index (Phi) is 5.88. The van der Waals surface area contributed by atoms with E-state index in [0.29, 0.717) is 5.56 Å². The van der Waals surface area contributed by atoms with Crippen LogP contribution >= 0.6 is 0 Å². The van der Waals surface area contributed by atoms with Crippen LogP contribution in [0.5, 0.6) is 0 Å². The van der Waals surface area contributed by atoms with Crippen molar-refractivity contribution in [2.45, 2.75) is 39.2 Å². The predicted molar refractivity (Wildman–Crippen MR) is 113 cm³/mol. The van der Waals surface area contributed by atoms with E-state index < -0.39 is 0 Å². The van der Waals surface area contributed by atoms with Crippen LogP contribution in [0.3, 0.4) is 0 Å². The van der Waals surface area contributed by atoms with Crippen LogP contribution < -0.4 is 0 Å². The number of benzene rings is 2. The summed E-state index contributed by atoms with van der Waals surface area (Å²) in [5.41, 5.74) is 3.52. The molecule has 0 spiro atoms. The van der Waals surface area contributed by atoms with Gasteiger partial charge in [-0.15, -0.1) is 0 Å². The molecule has 1 aliphatic rings. The molecule has 1 aromatic heterocycles. The topological polar surface area (TPSA) is 51.7 Å². The summed E-state index contributed by atoms with van der Waals surface area (Å²) in [7, 11) is 0. The molecule has 1 fully saturated rings. The Hall–Kier alpha value is -2.76. The number of hydrogen-bond acceptors (Lipinski definition) is 5. The van der Waals surface area contributed by atoms with Gasteiger partial charge in [-0.05, 0) is 37.6 Å². The van der Waals surface area contributed by atoms with Crippen LogP contribution in [0.15, 0.2) is 60.8 Å². The third kappa shape index (κ3) is 4.81. The number of pyridine rings is 1. The SMILES string of the molecule is CC1CN(Cc2ccc(C(=O)OCc3cccc4cccnc34)cc2)CC(C)O1. The second-order valence-electron chi connectivity index (χ2n) is 7.72. The number of aromatic nitrogens is 1. The lowest BCUT2D eigenvalue weighted by atomic mass is 10.1. The van der Waals surface area contributed by atoms with Gasteiger partial charge in [0.25, 0.3) is 0 Å². The van der Waals surface area contributed by atoms with Gasteiger partial charge < -0.3 is 9.47 Å². The average Bonchev–Trinajstić information content (AvgIpc) is 2.72. The summed E-state index contributed by atoms with van der Waals surface area (Å²) in [4.78, 5) is 19.3. The number of ether oxygens (including phenoxy) is 2. The van der Waals surface area contributed by atoms with E-state index in [2.05, 4.69) is 23.7 Å². The molecule has 150 valence electrons. The highest BCUT2D eigenvalue weighted by Gasteiger charge is 2.22. The smallest absolute Gasteiger partial charge is 0.338 e. The fourth-order valence-electron chi connectivity index (χ4n) is 3.93. The van der Waals surface area contributed by atoms with E-state index in [1.807, 2.05) is 54.6 Å². The summed E-state index contributed by atoms with van der Waals surface area (Å²) in [6.45, 7) is 7.12. The molecule has 3 aromatic rings. The molecule has 29 heavy (non-hydrogen) atoms. The van der Waals surface area contributed by atoms with Crippen LogP contribution in [-0.2, 0) is 22.6 Å². The minimum atomic E-state index is -0.321. The second-order valence-corrected chi connectivity index (χ2v) is 7.72. The van der Waals surface area contributed by atoms with Gasteiger partial charge in [0, 0.05) is 36.8 Å². The summed E-state index contributed by atoms with van der Waals surface area (Å²) in [6.07, 6.45) is 2.25. The van der Waals surface area contributed by atoms with Crippen molar-refractivity contribution in [2.75, 3.05) is 13.1 Å². The first kappa shape index (κ1) is 19.6. The quantitative estimate of drug-likeness (QED) is 0.611. The first-order valence-electron chi connectivity index (χ1n) is 10.0. The summed E-state index contributed by atoms with van der Waals surface area (Å²) in [6, 6.07) is 17.5. The van der Waals surface area contributed by atoms with Crippen molar-refractivity contribution in [3.05, 3.63) is 77.5 Å². The molecule has 0 amide bonds. The maximum absolute atomic E-state index is 12.5. The Morgan fingerprint density at radius 3 is 2.55 bits per heavy atom. The monoisotopic (exact) mass is 390 g/mol. The lowest BCUT2D eigenvalue weighted by Crippen LogP contribution is -2.44. The highest BCUT2D eigenvalue weighted by atomic mass is 16.5. The standard InChI is InChI=1S/C24H26N2O3/c1-17-13-26(14-18(2)29-17)15-19-8-10-21(11-9-19)24(27)28-16-22-6-3-5-20-7-4-12-25-23(20)22/h3-12,17-18H,13-16H2,1-2H3. The zero-order valence-electron chi connectivity index (χ0n) is 16.9. The molecule has 0 radical (unpaired) electrons. The van der Waals surface area contributed by atoms with E-state index in [1.165, 1.54) is 5.56 Å². The van der Waals surface area contributed by atoms with Gasteiger partial charge in [-0.3, -0.25) is 9.88 Å². The number of esters is 1. The molecule has 2 heterocycles. The summed E-state index contributed by atoms with van der Waals surface area (Å²) < 4.78 is 11.3. The molecule has 1 aliphatic heterocycles. The third-order valence-corrected chi connectivity index (χ3v) is 5.17. The maximum atomic E-state index is 12.5. The summed E-state index contributed by atoms with van der Waals surface area (Å²) in [5, 5.41) is 1.04. The predicted octanol–water partition coefficient (Wildman–Crippen LogP) is 4.20. The Bertz CT molecular complexity index is 972. The Balaban J connectivity index is 1.37. The summed E-state index contributed by atoms with van der Waals surface area (Å²) in [5.74, 6) is -0.321. The average molecular weight is 390 g/mol. The molecule has 0 saturated carbocycles. The van der Waals surface area contributed by atoms with E-state index in [4.69, 9.17) is 9.47 Å². The molecule has 2 aromatic carbocycles. The van der Waals surface area contributed by atoms with Crippen molar-refractivity contribution in [3.63, 3.8) is 0 Å². The molecule has 2 unspecified atom stereocenters. The number of nitrogens with zero attached hydrogens (tertiary/aromatic N) is 2. The molecule has 0 N–H and O–H groups in total. The fourth-order valence-corrected chi connectivity index (χ4v) is 3.93. The molecule has 5 nitrogen and oxygen atoms in total. The number of hydrogen-bond donors (Lipinski definition) is 0. The van der Waals surface area contributed by atoms with Gasteiger partial charge >= 0.3 is 5.97 Å². The largest absolute Gasteiger partial charge is 0.457 e. The first-order valence-corrected chi connectivity index (χ1v) is 10.0. The van der Waals surface area contributed by atoms with Crippen molar-refractivity contribution >= 4 is 16.9 Å². The van der Waals surface area contributed by atoms with Gasteiger partial charge in [0.1, 0.15) is 6.61 Å². The van der Waals surface area contributed by atoms with Crippen molar-refractivity contribution < 1.29 is 14.3 Å². The minimum Gasteiger partial charge on any atom is -0.457 e. The zero-order valence-corrected chi connectivity index (χ0v) is 16.9. The molecular formula is C24H26N2O3. The van der Waals surface area contributed by atoms with Crippen LogP contribution in [0.1, 0.15) is 35.3 Å². The highest BCUT2D eigenvalue weighted by Crippen LogP contribution is 2.18. The van der Waals surface area contributed by atoms with Gasteiger partial charge in [-0.1, -0.05) is 36.4 Å². The first-order chi connectivity index (χ1) is 14.1. The number of fused-ring (bicyclic) bond motifs is 1. The third-order valence-electron chi connectivity index (χ3n) is 5.17. The van der Waals surface area contributed by atoms with Gasteiger partial charge in [-0.2, -0.15) is 0 Å². The van der Waals surface area contributed by atoms with E-state index >= 15 is 0 Å². The van der Waals surface area contributed by atoms with E-state index in [1.54, 1.807) is 6.20 Å². The van der Waals surface area contributed by atoms with Crippen LogP contribution in [0, 0.1) is 0 Å². The molecule has 4 rings (SSSR count). The number of carbonyl (C=O) groups is 1.